The fourth-order valence-corrected chi connectivity index (χ4v) is 4.48. The largest absolute Gasteiger partial charge is 0.378 e. The van der Waals surface area contributed by atoms with Crippen molar-refractivity contribution in [2.75, 3.05) is 36.5 Å². The Balaban J connectivity index is 1.34. The second kappa shape index (κ2) is 10.7. The van der Waals surface area contributed by atoms with Gasteiger partial charge in [0.25, 0.3) is 5.91 Å². The predicted octanol–water partition coefficient (Wildman–Crippen LogP) is 4.29. The third-order valence-corrected chi connectivity index (χ3v) is 6.55. The number of aromatic amines is 1. The third kappa shape index (κ3) is 5.42. The molecule has 1 aromatic heterocycles. The Bertz CT molecular complexity index is 1340. The number of hydrogen-bond donors (Lipinski definition) is 3. The molecule has 1 atom stereocenters. The number of aromatic nitrogens is 1. The van der Waals surface area contributed by atoms with Gasteiger partial charge in [-0.15, -0.1) is 0 Å². The minimum absolute atomic E-state index is 0.264. The second-order valence-corrected chi connectivity index (χ2v) is 9.09. The summed E-state index contributed by atoms with van der Waals surface area (Å²) in [6.45, 7) is 5.11. The number of anilines is 2. The van der Waals surface area contributed by atoms with E-state index in [0.29, 0.717) is 30.9 Å². The average Bonchev–Trinajstić information content (AvgIpc) is 3.32. The van der Waals surface area contributed by atoms with Gasteiger partial charge in [0.15, 0.2) is 0 Å². The van der Waals surface area contributed by atoms with Crippen LogP contribution in [0.25, 0.3) is 10.9 Å². The van der Waals surface area contributed by atoms with Gasteiger partial charge in [0.05, 0.1) is 13.2 Å². The highest BCUT2D eigenvalue weighted by Crippen LogP contribution is 2.22. The van der Waals surface area contributed by atoms with Crippen LogP contribution in [0.15, 0.2) is 79.0 Å². The minimum Gasteiger partial charge on any atom is -0.378 e. The Morgan fingerprint density at radius 3 is 2.44 bits per heavy atom. The number of benzene rings is 3. The standard InChI is InChI=1S/C29H30N4O3/c1-20-6-8-21(9-7-20)28(34)32-27(18-22-19-30-26-5-3-2-4-25(22)26)29(35)31-23-10-12-24(13-11-23)33-14-16-36-17-15-33/h2-13,19,27,30H,14-18H2,1H3,(H,31,35)(H,32,34). The lowest BCUT2D eigenvalue weighted by Gasteiger charge is -2.29. The van der Waals surface area contributed by atoms with Crippen LogP contribution in [-0.4, -0.2) is 49.1 Å². The van der Waals surface area contributed by atoms with E-state index < -0.39 is 6.04 Å². The fraction of sp³-hybridized carbons (Fsp3) is 0.241. The Hall–Kier alpha value is -4.10. The van der Waals surface area contributed by atoms with Crippen LogP contribution in [0.2, 0.25) is 0 Å². The van der Waals surface area contributed by atoms with Crippen LogP contribution in [0.1, 0.15) is 21.5 Å². The molecule has 1 aliphatic heterocycles. The van der Waals surface area contributed by atoms with E-state index in [2.05, 4.69) is 20.5 Å². The van der Waals surface area contributed by atoms with Crippen LogP contribution in [0.5, 0.6) is 0 Å². The first-order valence-electron chi connectivity index (χ1n) is 12.2. The van der Waals surface area contributed by atoms with Gasteiger partial charge in [0, 0.05) is 53.5 Å². The Kier molecular flexibility index (Phi) is 7.00. The molecule has 0 aliphatic carbocycles. The van der Waals surface area contributed by atoms with E-state index in [4.69, 9.17) is 4.74 Å². The topological polar surface area (TPSA) is 86.5 Å². The third-order valence-electron chi connectivity index (χ3n) is 6.55. The van der Waals surface area contributed by atoms with Crippen LogP contribution in [0.4, 0.5) is 11.4 Å². The van der Waals surface area contributed by atoms with Crippen molar-refractivity contribution in [1.82, 2.24) is 10.3 Å². The van der Waals surface area contributed by atoms with Gasteiger partial charge < -0.3 is 25.3 Å². The number of ether oxygens (including phenoxy) is 1. The lowest BCUT2D eigenvalue weighted by atomic mass is 10.0. The molecule has 3 N–H and O–H groups in total. The number of nitrogens with one attached hydrogen (secondary N) is 3. The normalized spacial score (nSPS) is 14.4. The quantitative estimate of drug-likeness (QED) is 0.367. The molecule has 3 aromatic carbocycles. The summed E-state index contributed by atoms with van der Waals surface area (Å²) in [5, 5.41) is 6.98. The Labute approximate surface area is 210 Å². The monoisotopic (exact) mass is 482 g/mol. The zero-order valence-electron chi connectivity index (χ0n) is 20.3. The van der Waals surface area contributed by atoms with E-state index >= 15 is 0 Å². The molecule has 36 heavy (non-hydrogen) atoms. The molecule has 0 saturated carbocycles. The molecule has 2 amide bonds. The summed E-state index contributed by atoms with van der Waals surface area (Å²) < 4.78 is 5.43. The van der Waals surface area contributed by atoms with E-state index in [1.165, 1.54) is 0 Å². The molecule has 1 unspecified atom stereocenters. The van der Waals surface area contributed by atoms with E-state index in [9.17, 15) is 9.59 Å². The second-order valence-electron chi connectivity index (χ2n) is 9.09. The number of amides is 2. The molecule has 2 heterocycles. The van der Waals surface area contributed by atoms with Crippen molar-refractivity contribution in [2.24, 2.45) is 0 Å². The van der Waals surface area contributed by atoms with Crippen LogP contribution < -0.4 is 15.5 Å². The molecule has 0 spiro atoms. The maximum Gasteiger partial charge on any atom is 0.251 e. The van der Waals surface area contributed by atoms with Gasteiger partial charge in [-0.2, -0.15) is 0 Å². The molecule has 7 heteroatoms. The summed E-state index contributed by atoms with van der Waals surface area (Å²) in [7, 11) is 0. The highest BCUT2D eigenvalue weighted by atomic mass is 16.5. The Morgan fingerprint density at radius 2 is 1.69 bits per heavy atom. The van der Waals surface area contributed by atoms with Gasteiger partial charge in [-0.3, -0.25) is 9.59 Å². The van der Waals surface area contributed by atoms with Crippen molar-refractivity contribution >= 4 is 34.1 Å². The first kappa shape index (κ1) is 23.6. The number of H-pyrrole nitrogens is 1. The van der Waals surface area contributed by atoms with E-state index in [0.717, 1.165) is 40.8 Å². The number of morpholine rings is 1. The van der Waals surface area contributed by atoms with Gasteiger partial charge in [0.1, 0.15) is 6.04 Å². The molecule has 7 nitrogen and oxygen atoms in total. The van der Waals surface area contributed by atoms with Gasteiger partial charge >= 0.3 is 0 Å². The molecule has 1 aliphatic rings. The molecule has 0 bridgehead atoms. The Morgan fingerprint density at radius 1 is 0.972 bits per heavy atom. The van der Waals surface area contributed by atoms with Gasteiger partial charge in [-0.05, 0) is 55.0 Å². The van der Waals surface area contributed by atoms with Gasteiger partial charge in [0.2, 0.25) is 5.91 Å². The summed E-state index contributed by atoms with van der Waals surface area (Å²) in [5.74, 6) is -0.544. The number of rotatable bonds is 7. The predicted molar refractivity (Wildman–Crippen MR) is 143 cm³/mol. The zero-order chi connectivity index (χ0) is 24.9. The van der Waals surface area contributed by atoms with Gasteiger partial charge in [-0.1, -0.05) is 35.9 Å². The van der Waals surface area contributed by atoms with Crippen molar-refractivity contribution in [3.63, 3.8) is 0 Å². The number of para-hydroxylation sites is 1. The molecule has 1 fully saturated rings. The maximum absolute atomic E-state index is 13.4. The molecular formula is C29H30N4O3. The van der Waals surface area contributed by atoms with Crippen LogP contribution in [0, 0.1) is 6.92 Å². The first-order valence-corrected chi connectivity index (χ1v) is 12.2. The minimum atomic E-state index is -0.753. The van der Waals surface area contributed by atoms with Crippen molar-refractivity contribution < 1.29 is 14.3 Å². The lowest BCUT2D eigenvalue weighted by molar-refractivity contribution is -0.118. The summed E-state index contributed by atoms with van der Waals surface area (Å²) >= 11 is 0. The summed E-state index contributed by atoms with van der Waals surface area (Å²) in [5.41, 5.74) is 5.34. The molecule has 184 valence electrons. The number of carbonyl (C=O) groups is 2. The maximum atomic E-state index is 13.4. The number of carbonyl (C=O) groups excluding carboxylic acids is 2. The highest BCUT2D eigenvalue weighted by molar-refractivity contribution is 6.01. The summed E-state index contributed by atoms with van der Waals surface area (Å²) in [4.78, 5) is 32.0. The molecule has 4 aromatic rings. The first-order chi connectivity index (χ1) is 17.6. The average molecular weight is 483 g/mol. The summed E-state index contributed by atoms with van der Waals surface area (Å²) in [6, 6.07) is 22.3. The zero-order valence-corrected chi connectivity index (χ0v) is 20.3. The molecule has 1 saturated heterocycles. The lowest BCUT2D eigenvalue weighted by Crippen LogP contribution is -2.45. The highest BCUT2D eigenvalue weighted by Gasteiger charge is 2.24. The van der Waals surface area contributed by atoms with E-state index in [1.54, 1.807) is 12.1 Å². The van der Waals surface area contributed by atoms with Crippen molar-refractivity contribution in [3.8, 4) is 0 Å². The molecule has 5 rings (SSSR count). The molecular weight excluding hydrogens is 452 g/mol. The van der Waals surface area contributed by atoms with Gasteiger partial charge in [-0.25, -0.2) is 0 Å². The number of nitrogens with zero attached hydrogens (tertiary/aromatic N) is 1. The van der Waals surface area contributed by atoms with Crippen LogP contribution >= 0.6 is 0 Å². The van der Waals surface area contributed by atoms with Crippen molar-refractivity contribution in [3.05, 3.63) is 95.7 Å². The van der Waals surface area contributed by atoms with E-state index in [-0.39, 0.29) is 11.8 Å². The number of hydrogen-bond acceptors (Lipinski definition) is 4. The SMILES string of the molecule is Cc1ccc(C(=O)NC(Cc2c[nH]c3ccccc23)C(=O)Nc2ccc(N3CCOCC3)cc2)cc1. The summed E-state index contributed by atoms with van der Waals surface area (Å²) in [6.07, 6.45) is 2.26. The van der Waals surface area contributed by atoms with E-state index in [1.807, 2.05) is 73.8 Å². The number of fused-ring (bicyclic) bond motifs is 1. The number of aryl methyl sites for hydroxylation is 1. The van der Waals surface area contributed by atoms with Crippen molar-refractivity contribution in [1.29, 1.82) is 0 Å². The van der Waals surface area contributed by atoms with Crippen molar-refractivity contribution in [2.45, 2.75) is 19.4 Å². The molecule has 0 radical (unpaired) electrons. The van der Waals surface area contributed by atoms with Crippen LogP contribution in [-0.2, 0) is 16.0 Å². The smallest absolute Gasteiger partial charge is 0.251 e. The van der Waals surface area contributed by atoms with Crippen LogP contribution in [0.3, 0.4) is 0 Å². The fourth-order valence-electron chi connectivity index (χ4n) is 4.48.